The molecule has 0 fully saturated rings. The summed E-state index contributed by atoms with van der Waals surface area (Å²) in [7, 11) is 0. The zero-order chi connectivity index (χ0) is 73.1. The average Bonchev–Trinajstić information content (AvgIpc) is 1.55. The maximum absolute atomic E-state index is 6.39. The van der Waals surface area contributed by atoms with Gasteiger partial charge in [0, 0.05) is 55.8 Å². The molecular formula is C104H88N2O2. The lowest BCUT2D eigenvalue weighted by Gasteiger charge is -2.34. The SMILES string of the molecule is C=Cc1ccc(OCCCCC2(c3ccccc3)c3ccccc3-c3ccc(N(c4ccc(-c5ccc(N(c6ccc7c(c6)C(C)(C)c6ccccc6-7)c6ccc7c(c6)C(CCCCOc6ccc(C=C)cc6)(c6ccccc6)c6ccccc6-7)cc5)cc4)c4ccc5c(c4)C(C)(C)c4ccccc4-5)cc32)cc1. The summed E-state index contributed by atoms with van der Waals surface area (Å²) >= 11 is 0. The molecule has 0 saturated carbocycles. The summed E-state index contributed by atoms with van der Waals surface area (Å²) < 4.78 is 12.8. The second kappa shape index (κ2) is 27.6. The second-order valence-electron chi connectivity index (χ2n) is 30.8. The summed E-state index contributed by atoms with van der Waals surface area (Å²) in [5, 5.41) is 0. The Morgan fingerprint density at radius 1 is 0.269 bits per heavy atom. The lowest BCUT2D eigenvalue weighted by Crippen LogP contribution is -2.27. The highest BCUT2D eigenvalue weighted by molar-refractivity contribution is 5.93. The molecule has 0 radical (unpaired) electrons. The van der Waals surface area contributed by atoms with Crippen molar-refractivity contribution in [2.75, 3.05) is 23.0 Å². The molecule has 0 aromatic heterocycles. The van der Waals surface area contributed by atoms with E-state index in [4.69, 9.17) is 9.47 Å². The Balaban J connectivity index is 0.720. The van der Waals surface area contributed by atoms with E-state index in [1.807, 2.05) is 36.4 Å². The van der Waals surface area contributed by atoms with Crippen LogP contribution in [-0.2, 0) is 21.7 Å². The smallest absolute Gasteiger partial charge is 0.119 e. The number of nitrogens with zero attached hydrogens (tertiary/aromatic N) is 2. The van der Waals surface area contributed by atoms with Crippen molar-refractivity contribution in [2.24, 2.45) is 0 Å². The van der Waals surface area contributed by atoms with E-state index in [2.05, 4.69) is 354 Å². The van der Waals surface area contributed by atoms with Crippen LogP contribution in [0.3, 0.4) is 0 Å². The molecule has 0 saturated heterocycles. The first-order valence-electron chi connectivity index (χ1n) is 38.5. The lowest BCUT2D eigenvalue weighted by molar-refractivity contribution is 0.301. The molecule has 2 unspecified atom stereocenters. The molecule has 4 aliphatic rings. The average molecular weight is 1400 g/mol. The van der Waals surface area contributed by atoms with Gasteiger partial charge in [0.15, 0.2) is 0 Å². The fourth-order valence-corrected chi connectivity index (χ4v) is 18.8. The van der Waals surface area contributed by atoms with Crippen LogP contribution in [0.25, 0.3) is 67.8 Å². The Morgan fingerprint density at radius 3 is 0.907 bits per heavy atom. The van der Waals surface area contributed by atoms with Crippen LogP contribution in [0.5, 0.6) is 11.5 Å². The van der Waals surface area contributed by atoms with Crippen LogP contribution in [0.15, 0.2) is 341 Å². The summed E-state index contributed by atoms with van der Waals surface area (Å²) in [6.07, 6.45) is 9.34. The van der Waals surface area contributed by atoms with Gasteiger partial charge in [-0.15, -0.1) is 0 Å². The Labute approximate surface area is 637 Å². The van der Waals surface area contributed by atoms with Crippen LogP contribution in [0.1, 0.15) is 133 Å². The maximum Gasteiger partial charge on any atom is 0.119 e. The molecule has 2 atom stereocenters. The van der Waals surface area contributed by atoms with Gasteiger partial charge in [0.25, 0.3) is 0 Å². The fraction of sp³-hybridized carbons (Fsp3) is 0.154. The molecule has 14 aromatic rings. The van der Waals surface area contributed by atoms with E-state index in [-0.39, 0.29) is 10.8 Å². The number of ether oxygens (including phenoxy) is 2. The van der Waals surface area contributed by atoms with E-state index in [1.165, 1.54) is 100 Å². The molecule has 4 nitrogen and oxygen atoms in total. The zero-order valence-electron chi connectivity index (χ0n) is 62.1. The number of fused-ring (bicyclic) bond motifs is 12. The van der Waals surface area contributed by atoms with Crippen LogP contribution < -0.4 is 19.3 Å². The molecule has 526 valence electrons. The van der Waals surface area contributed by atoms with Gasteiger partial charge in [-0.2, -0.15) is 0 Å². The molecule has 0 heterocycles. The first-order chi connectivity index (χ1) is 52.9. The number of rotatable bonds is 23. The van der Waals surface area contributed by atoms with E-state index < -0.39 is 10.8 Å². The quantitative estimate of drug-likeness (QED) is 0.0596. The molecule has 4 aliphatic carbocycles. The third kappa shape index (κ3) is 11.4. The molecule has 0 amide bonds. The maximum atomic E-state index is 6.39. The van der Waals surface area contributed by atoms with Gasteiger partial charge in [-0.05, 0) is 258 Å². The standard InChI is InChI=1S/C104H88N2O2/c1-7-71-39-55-83(56-40-71)107-65-25-23-63-103(75-27-11-9-12-28-75)95-37-21-17-33-87(95)91-61-53-81(69-99(91)103)105(79-51-59-89-85-31-15-19-35-93(85)101(3,4)97(89)67-79)77-47-43-73(44-48-77)74-45-49-78(50-46-74)106(80-52-60-90-86-32-16-20-36-94(86)102(5,6)98(90)68-80)82-54-62-92-88-34-18-22-38-96(88)104(100(92)70-82,76-29-13-10-14-30-76)64-24-26-66-108-84-57-41-72(8-2)42-58-84/h7-22,27-62,67-70H,1-2,23-26,63-66H2,3-6H3. The molecule has 0 bridgehead atoms. The molecule has 108 heavy (non-hydrogen) atoms. The molecular weight excluding hydrogens is 1310 g/mol. The first kappa shape index (κ1) is 67.6. The molecule has 0 N–H and O–H groups in total. The molecule has 14 aromatic carbocycles. The van der Waals surface area contributed by atoms with Crippen molar-refractivity contribution in [2.45, 2.75) is 87.9 Å². The van der Waals surface area contributed by atoms with Crippen LogP contribution in [0.2, 0.25) is 0 Å². The number of anilines is 6. The Bertz CT molecular complexity index is 5380. The highest BCUT2D eigenvalue weighted by atomic mass is 16.5. The van der Waals surface area contributed by atoms with E-state index in [9.17, 15) is 0 Å². The summed E-state index contributed by atoms with van der Waals surface area (Å²) in [5.74, 6) is 1.77. The predicted molar refractivity (Wildman–Crippen MR) is 452 cm³/mol. The van der Waals surface area contributed by atoms with Crippen molar-refractivity contribution >= 4 is 46.3 Å². The van der Waals surface area contributed by atoms with Gasteiger partial charge < -0.3 is 19.3 Å². The largest absolute Gasteiger partial charge is 0.494 e. The van der Waals surface area contributed by atoms with Crippen molar-refractivity contribution in [1.29, 1.82) is 0 Å². The van der Waals surface area contributed by atoms with Gasteiger partial charge in [0.1, 0.15) is 11.5 Å². The van der Waals surface area contributed by atoms with Crippen LogP contribution in [0.4, 0.5) is 34.1 Å². The third-order valence-corrected chi connectivity index (χ3v) is 24.2. The predicted octanol–water partition coefficient (Wildman–Crippen LogP) is 27.3. The minimum atomic E-state index is -0.411. The van der Waals surface area contributed by atoms with Crippen LogP contribution >= 0.6 is 0 Å². The van der Waals surface area contributed by atoms with Crippen molar-refractivity contribution in [3.8, 4) is 67.1 Å². The van der Waals surface area contributed by atoms with E-state index in [0.29, 0.717) is 13.2 Å². The van der Waals surface area contributed by atoms with Crippen molar-refractivity contribution < 1.29 is 9.47 Å². The number of hydrogen-bond acceptors (Lipinski definition) is 4. The summed E-state index contributed by atoms with van der Waals surface area (Å²) in [4.78, 5) is 5.01. The number of hydrogen-bond donors (Lipinski definition) is 0. The van der Waals surface area contributed by atoms with Crippen LogP contribution in [0, 0.1) is 0 Å². The molecule has 18 rings (SSSR count). The van der Waals surface area contributed by atoms with Crippen LogP contribution in [-0.4, -0.2) is 13.2 Å². The number of benzene rings is 14. The summed E-state index contributed by atoms with van der Waals surface area (Å²) in [6, 6.07) is 123. The van der Waals surface area contributed by atoms with Gasteiger partial charge in [-0.3, -0.25) is 0 Å². The monoisotopic (exact) mass is 1400 g/mol. The third-order valence-electron chi connectivity index (χ3n) is 24.2. The van der Waals surface area contributed by atoms with Gasteiger partial charge in [-0.1, -0.05) is 284 Å². The van der Waals surface area contributed by atoms with E-state index in [1.54, 1.807) is 0 Å². The highest BCUT2D eigenvalue weighted by Gasteiger charge is 2.47. The minimum absolute atomic E-state index is 0.196. The van der Waals surface area contributed by atoms with Gasteiger partial charge in [0.2, 0.25) is 0 Å². The molecule has 0 spiro atoms. The van der Waals surface area contributed by atoms with Gasteiger partial charge >= 0.3 is 0 Å². The van der Waals surface area contributed by atoms with Gasteiger partial charge in [0.05, 0.1) is 13.2 Å². The van der Waals surface area contributed by atoms with Gasteiger partial charge in [-0.25, -0.2) is 0 Å². The summed E-state index contributed by atoms with van der Waals surface area (Å²) in [6.45, 7) is 18.7. The summed E-state index contributed by atoms with van der Waals surface area (Å²) in [5.41, 5.74) is 33.7. The van der Waals surface area contributed by atoms with E-state index in [0.717, 1.165) is 106 Å². The minimum Gasteiger partial charge on any atom is -0.494 e. The lowest BCUT2D eigenvalue weighted by atomic mass is 9.69. The van der Waals surface area contributed by atoms with Crippen molar-refractivity contribution in [3.05, 3.63) is 408 Å². The normalized spacial score (nSPS) is 16.0. The highest BCUT2D eigenvalue weighted by Crippen LogP contribution is 2.60. The second-order valence-corrected chi connectivity index (χ2v) is 30.8. The molecule has 0 aliphatic heterocycles. The van der Waals surface area contributed by atoms with Crippen molar-refractivity contribution in [1.82, 2.24) is 0 Å². The van der Waals surface area contributed by atoms with E-state index >= 15 is 0 Å². The molecule has 4 heteroatoms. The zero-order valence-corrected chi connectivity index (χ0v) is 62.1. The van der Waals surface area contributed by atoms with Crippen molar-refractivity contribution in [3.63, 3.8) is 0 Å². The number of unbranched alkanes of at least 4 members (excludes halogenated alkanes) is 2. The Morgan fingerprint density at radius 2 is 0.556 bits per heavy atom. The Kier molecular flexibility index (Phi) is 17.3. The topological polar surface area (TPSA) is 24.9 Å². The first-order valence-corrected chi connectivity index (χ1v) is 38.5. The Hall–Kier alpha value is -12.2. The fourth-order valence-electron chi connectivity index (χ4n) is 18.8.